The predicted molar refractivity (Wildman–Crippen MR) is 81.2 cm³/mol. The summed E-state index contributed by atoms with van der Waals surface area (Å²) < 4.78 is 31.8. The Labute approximate surface area is 128 Å². The van der Waals surface area contributed by atoms with Crippen LogP contribution >= 0.6 is 0 Å². The number of aliphatic imine (C=N–C) groups is 1. The molecule has 116 valence electrons. The summed E-state index contributed by atoms with van der Waals surface area (Å²) in [6, 6.07) is 10.0. The molecule has 1 aliphatic heterocycles. The fourth-order valence-electron chi connectivity index (χ4n) is 2.29. The molecule has 0 amide bonds. The van der Waals surface area contributed by atoms with Crippen LogP contribution in [0.2, 0.25) is 0 Å². The van der Waals surface area contributed by atoms with Crippen molar-refractivity contribution in [2.45, 2.75) is 24.3 Å². The Hall–Kier alpha value is -2.12. The van der Waals surface area contributed by atoms with Crippen molar-refractivity contribution < 1.29 is 17.9 Å². The predicted octanol–water partition coefficient (Wildman–Crippen LogP) is 1.53. The van der Waals surface area contributed by atoms with Crippen molar-refractivity contribution in [1.29, 1.82) is 0 Å². The highest BCUT2D eigenvalue weighted by molar-refractivity contribution is 7.90. The summed E-state index contributed by atoms with van der Waals surface area (Å²) in [7, 11) is -3.57. The molecule has 22 heavy (non-hydrogen) atoms. The quantitative estimate of drug-likeness (QED) is 0.897. The number of rotatable bonds is 3. The van der Waals surface area contributed by atoms with Crippen molar-refractivity contribution >= 4 is 15.9 Å². The number of hydrogen-bond acceptors (Lipinski definition) is 5. The van der Waals surface area contributed by atoms with E-state index in [0.29, 0.717) is 17.1 Å². The first-order chi connectivity index (χ1) is 10.3. The Morgan fingerprint density at radius 1 is 1.27 bits per heavy atom. The van der Waals surface area contributed by atoms with Gasteiger partial charge in [0.1, 0.15) is 23.0 Å². The summed E-state index contributed by atoms with van der Waals surface area (Å²) in [6.07, 6.45) is 0. The van der Waals surface area contributed by atoms with Gasteiger partial charge in [0.05, 0.1) is 11.4 Å². The zero-order valence-corrected chi connectivity index (χ0v) is 13.0. The minimum absolute atomic E-state index is 0.0217. The van der Waals surface area contributed by atoms with Gasteiger partial charge in [0.15, 0.2) is 0 Å². The second-order valence-corrected chi connectivity index (χ2v) is 7.10. The Morgan fingerprint density at radius 2 is 2.00 bits per heavy atom. The summed E-state index contributed by atoms with van der Waals surface area (Å²) in [6.45, 7) is 3.34. The molecule has 6 nitrogen and oxygen atoms in total. The number of amidine groups is 1. The van der Waals surface area contributed by atoms with E-state index in [1.54, 1.807) is 44.2 Å². The van der Waals surface area contributed by atoms with Crippen LogP contribution in [0.5, 0.6) is 0 Å². The number of nitrogens with one attached hydrogen (secondary N) is 1. The number of benzene rings is 1. The van der Waals surface area contributed by atoms with Crippen molar-refractivity contribution in [2.24, 2.45) is 4.99 Å². The molecular formula is C15H16N2O4S. The van der Waals surface area contributed by atoms with E-state index in [1.165, 1.54) is 6.07 Å². The minimum Gasteiger partial charge on any atom is -0.463 e. The molecule has 1 aliphatic rings. The first-order valence-electron chi connectivity index (χ1n) is 6.75. The molecule has 0 fully saturated rings. The fourth-order valence-corrected chi connectivity index (χ4v) is 3.54. The van der Waals surface area contributed by atoms with Gasteiger partial charge in [-0.05, 0) is 38.1 Å². The molecular weight excluding hydrogens is 304 g/mol. The largest absolute Gasteiger partial charge is 0.463 e. The molecule has 0 spiro atoms. The van der Waals surface area contributed by atoms with Crippen LogP contribution in [0.15, 0.2) is 50.7 Å². The number of aliphatic hydroxyl groups is 1. The number of sulfonamides is 1. The lowest BCUT2D eigenvalue weighted by Crippen LogP contribution is -2.28. The Kier molecular flexibility index (Phi) is 3.34. The highest BCUT2D eigenvalue weighted by atomic mass is 32.2. The number of furan rings is 1. The summed E-state index contributed by atoms with van der Waals surface area (Å²) >= 11 is 0. The maximum absolute atomic E-state index is 12.0. The number of nitrogens with zero attached hydrogens (tertiary/aromatic N) is 1. The Balaban J connectivity index is 1.91. The van der Waals surface area contributed by atoms with Crippen molar-refractivity contribution in [3.8, 4) is 0 Å². The standard InChI is InChI=1S/C15H16N2O4S/c1-10-7-8-13(21-10)15(2,18)9-16-14-11-5-3-4-6-12(11)22(19,20)17-14/h3-8,18H,9H2,1-2H3,(H,16,17). The van der Waals surface area contributed by atoms with Crippen LogP contribution in [0.1, 0.15) is 24.0 Å². The lowest BCUT2D eigenvalue weighted by molar-refractivity contribution is 0.0430. The van der Waals surface area contributed by atoms with E-state index in [4.69, 9.17) is 4.42 Å². The molecule has 3 rings (SSSR count). The van der Waals surface area contributed by atoms with Gasteiger partial charge in [-0.3, -0.25) is 9.71 Å². The zero-order chi connectivity index (χ0) is 16.0. The third-order valence-corrected chi connectivity index (χ3v) is 4.88. The fraction of sp³-hybridized carbons (Fsp3) is 0.267. The SMILES string of the molecule is Cc1ccc(C(C)(O)CN=C2NS(=O)(=O)c3ccccc32)o1. The Morgan fingerprint density at radius 3 is 2.68 bits per heavy atom. The molecule has 2 heterocycles. The maximum atomic E-state index is 12.0. The van der Waals surface area contributed by atoms with Gasteiger partial charge < -0.3 is 9.52 Å². The van der Waals surface area contributed by atoms with E-state index < -0.39 is 15.6 Å². The van der Waals surface area contributed by atoms with Crippen LogP contribution in [0.4, 0.5) is 0 Å². The van der Waals surface area contributed by atoms with Crippen molar-refractivity contribution in [3.63, 3.8) is 0 Å². The van der Waals surface area contributed by atoms with Crippen molar-refractivity contribution in [2.75, 3.05) is 6.54 Å². The average Bonchev–Trinajstić information content (AvgIpc) is 3.00. The third-order valence-electron chi connectivity index (χ3n) is 3.48. The monoisotopic (exact) mass is 320 g/mol. The number of hydrogen-bond donors (Lipinski definition) is 2. The van der Waals surface area contributed by atoms with Gasteiger partial charge in [-0.1, -0.05) is 12.1 Å². The molecule has 1 unspecified atom stereocenters. The first kappa shape index (κ1) is 14.8. The van der Waals surface area contributed by atoms with Crippen molar-refractivity contribution in [3.05, 3.63) is 53.5 Å². The molecule has 2 aromatic rings. The lowest BCUT2D eigenvalue weighted by atomic mass is 10.0. The zero-order valence-electron chi connectivity index (χ0n) is 12.2. The maximum Gasteiger partial charge on any atom is 0.263 e. The highest BCUT2D eigenvalue weighted by Gasteiger charge is 2.32. The highest BCUT2D eigenvalue weighted by Crippen LogP contribution is 2.25. The van der Waals surface area contributed by atoms with Gasteiger partial charge in [0.25, 0.3) is 10.0 Å². The smallest absolute Gasteiger partial charge is 0.263 e. The molecule has 1 atom stereocenters. The Bertz CT molecular complexity index is 850. The van der Waals surface area contributed by atoms with E-state index >= 15 is 0 Å². The van der Waals surface area contributed by atoms with E-state index in [9.17, 15) is 13.5 Å². The van der Waals surface area contributed by atoms with Crippen LogP contribution in [0, 0.1) is 6.92 Å². The van der Waals surface area contributed by atoms with E-state index in [1.807, 2.05) is 0 Å². The molecule has 0 radical (unpaired) electrons. The lowest BCUT2D eigenvalue weighted by Gasteiger charge is -2.18. The number of aryl methyl sites for hydroxylation is 1. The molecule has 0 saturated heterocycles. The second kappa shape index (κ2) is 4.96. The van der Waals surface area contributed by atoms with E-state index in [2.05, 4.69) is 9.71 Å². The topological polar surface area (TPSA) is 91.9 Å². The van der Waals surface area contributed by atoms with Gasteiger partial charge in [-0.2, -0.15) is 0 Å². The second-order valence-electron chi connectivity index (χ2n) is 5.45. The summed E-state index contributed by atoms with van der Waals surface area (Å²) in [5.74, 6) is 1.32. The van der Waals surface area contributed by atoms with Gasteiger partial charge in [-0.25, -0.2) is 8.42 Å². The van der Waals surface area contributed by atoms with E-state index in [0.717, 1.165) is 0 Å². The molecule has 7 heteroatoms. The third kappa shape index (κ3) is 2.53. The summed E-state index contributed by atoms with van der Waals surface area (Å²) in [5, 5.41) is 10.5. The van der Waals surface area contributed by atoms with Crippen LogP contribution in [0.3, 0.4) is 0 Å². The first-order valence-corrected chi connectivity index (χ1v) is 8.24. The molecule has 1 aromatic carbocycles. The van der Waals surface area contributed by atoms with E-state index in [-0.39, 0.29) is 17.3 Å². The normalized spacial score (nSPS) is 20.4. The molecule has 1 aromatic heterocycles. The van der Waals surface area contributed by atoms with Crippen LogP contribution < -0.4 is 4.72 Å². The van der Waals surface area contributed by atoms with Gasteiger partial charge in [-0.15, -0.1) is 0 Å². The van der Waals surface area contributed by atoms with Crippen LogP contribution in [-0.4, -0.2) is 25.9 Å². The summed E-state index contributed by atoms with van der Waals surface area (Å²) in [4.78, 5) is 4.43. The van der Waals surface area contributed by atoms with Crippen LogP contribution in [0.25, 0.3) is 0 Å². The van der Waals surface area contributed by atoms with Crippen molar-refractivity contribution in [1.82, 2.24) is 4.72 Å². The number of fused-ring (bicyclic) bond motifs is 1. The van der Waals surface area contributed by atoms with Gasteiger partial charge >= 0.3 is 0 Å². The molecule has 0 aliphatic carbocycles. The average molecular weight is 320 g/mol. The van der Waals surface area contributed by atoms with Crippen LogP contribution in [-0.2, 0) is 15.6 Å². The van der Waals surface area contributed by atoms with Gasteiger partial charge in [0, 0.05) is 5.56 Å². The molecule has 0 saturated carbocycles. The molecule has 0 bridgehead atoms. The molecule has 2 N–H and O–H groups in total. The minimum atomic E-state index is -3.57. The summed E-state index contributed by atoms with van der Waals surface area (Å²) in [5.41, 5.74) is -0.807. The van der Waals surface area contributed by atoms with Gasteiger partial charge in [0.2, 0.25) is 0 Å².